The van der Waals surface area contributed by atoms with Crippen LogP contribution in [0.1, 0.15) is 53.9 Å². The molecule has 1 heterocycles. The molecule has 2 aromatic carbocycles. The van der Waals surface area contributed by atoms with Crippen molar-refractivity contribution < 1.29 is 8.96 Å². The molecule has 0 unspecified atom stereocenters. The van der Waals surface area contributed by atoms with E-state index in [0.717, 1.165) is 27.8 Å². The van der Waals surface area contributed by atoms with Gasteiger partial charge in [0, 0.05) is 6.07 Å². The van der Waals surface area contributed by atoms with Crippen molar-refractivity contribution >= 4 is 10.8 Å². The molecule has 1 nitrogen and oxygen atoms in total. The molecule has 1 aromatic heterocycles. The summed E-state index contributed by atoms with van der Waals surface area (Å²) in [5.74, 6) is 0.561. The second-order valence-electron chi connectivity index (χ2n) is 7.93. The van der Waals surface area contributed by atoms with Gasteiger partial charge in [-0.25, -0.2) is 8.96 Å². The summed E-state index contributed by atoms with van der Waals surface area (Å²) in [5.41, 5.74) is 6.03. The molecular formula is C24H27FN+. The molecule has 0 spiro atoms. The van der Waals surface area contributed by atoms with Crippen molar-refractivity contribution in [1.82, 2.24) is 0 Å². The lowest BCUT2D eigenvalue weighted by molar-refractivity contribution is -0.659. The number of nitrogens with zero attached hydrogens (tertiary/aromatic N) is 1. The third-order valence-electron chi connectivity index (χ3n) is 6.19. The minimum atomic E-state index is -0.0949. The molecule has 4 rings (SSSR count). The summed E-state index contributed by atoms with van der Waals surface area (Å²) in [4.78, 5) is 0. The van der Waals surface area contributed by atoms with Crippen LogP contribution < -0.4 is 4.57 Å². The zero-order valence-electron chi connectivity index (χ0n) is 16.2. The molecule has 26 heavy (non-hydrogen) atoms. The van der Waals surface area contributed by atoms with Crippen molar-refractivity contribution in [2.75, 3.05) is 0 Å². The Hall–Kier alpha value is -2.22. The summed E-state index contributed by atoms with van der Waals surface area (Å²) in [6, 6.07) is 10.9. The van der Waals surface area contributed by atoms with Crippen molar-refractivity contribution in [3.05, 3.63) is 64.6 Å². The van der Waals surface area contributed by atoms with Crippen LogP contribution >= 0.6 is 0 Å². The number of hydrogen-bond acceptors (Lipinski definition) is 0. The zero-order chi connectivity index (χ0) is 18.4. The average molecular weight is 348 g/mol. The second kappa shape index (κ2) is 6.50. The molecule has 0 saturated heterocycles. The first kappa shape index (κ1) is 17.2. The number of hydrogen-bond donors (Lipinski definition) is 0. The molecular weight excluding hydrogens is 321 g/mol. The molecule has 0 radical (unpaired) electrons. The van der Waals surface area contributed by atoms with Crippen LogP contribution in [0.3, 0.4) is 0 Å². The first-order valence-corrected chi connectivity index (χ1v) is 9.66. The maximum atomic E-state index is 15.2. The van der Waals surface area contributed by atoms with Crippen LogP contribution in [0.15, 0.2) is 36.5 Å². The van der Waals surface area contributed by atoms with Crippen molar-refractivity contribution in [3.63, 3.8) is 0 Å². The van der Waals surface area contributed by atoms with Gasteiger partial charge in [0.25, 0.3) is 0 Å². The summed E-state index contributed by atoms with van der Waals surface area (Å²) in [5, 5.41) is 2.34. The first-order chi connectivity index (χ1) is 12.5. The first-order valence-electron chi connectivity index (χ1n) is 9.66. The maximum Gasteiger partial charge on any atom is 0.223 e. The normalized spacial score (nSPS) is 15.1. The van der Waals surface area contributed by atoms with Crippen molar-refractivity contribution in [2.24, 2.45) is 7.05 Å². The van der Waals surface area contributed by atoms with Crippen LogP contribution in [0, 0.1) is 26.6 Å². The van der Waals surface area contributed by atoms with E-state index in [1.54, 1.807) is 0 Å². The molecule has 0 N–H and O–H groups in total. The third-order valence-corrected chi connectivity index (χ3v) is 6.19. The fourth-order valence-electron chi connectivity index (χ4n) is 4.54. The predicted octanol–water partition coefficient (Wildman–Crippen LogP) is 6.05. The fraction of sp³-hybridized carbons (Fsp3) is 0.375. The smallest absolute Gasteiger partial charge is 0.206 e. The zero-order valence-corrected chi connectivity index (χ0v) is 16.2. The fourth-order valence-corrected chi connectivity index (χ4v) is 4.54. The Kier molecular flexibility index (Phi) is 4.30. The van der Waals surface area contributed by atoms with E-state index in [9.17, 15) is 0 Å². The number of aromatic nitrogens is 1. The van der Waals surface area contributed by atoms with Crippen molar-refractivity contribution in [3.8, 4) is 11.3 Å². The molecule has 0 amide bonds. The van der Waals surface area contributed by atoms with Gasteiger partial charge in [-0.15, -0.1) is 0 Å². The molecule has 0 atom stereocenters. The van der Waals surface area contributed by atoms with E-state index >= 15 is 4.39 Å². The molecule has 1 aliphatic carbocycles. The number of aryl methyl sites for hydroxylation is 3. The van der Waals surface area contributed by atoms with E-state index in [0.29, 0.717) is 11.5 Å². The number of halogens is 1. The molecule has 0 aliphatic heterocycles. The Balaban J connectivity index is 2.03. The predicted molar refractivity (Wildman–Crippen MR) is 106 cm³/mol. The van der Waals surface area contributed by atoms with E-state index in [-0.39, 0.29) is 5.82 Å². The summed E-state index contributed by atoms with van der Waals surface area (Å²) < 4.78 is 17.3. The van der Waals surface area contributed by atoms with Gasteiger partial charge in [0.1, 0.15) is 12.9 Å². The van der Waals surface area contributed by atoms with Crippen molar-refractivity contribution in [1.29, 1.82) is 0 Å². The van der Waals surface area contributed by atoms with Crippen molar-refractivity contribution in [2.45, 2.75) is 52.4 Å². The SMILES string of the molecule is Cc1cc(C)c(F)c(-c2c3cc(C4CCCC4)ccc3cc[n+]2C)c1C. The van der Waals surface area contributed by atoms with Crippen LogP contribution in [0.5, 0.6) is 0 Å². The minimum Gasteiger partial charge on any atom is -0.206 e. The Labute approximate surface area is 155 Å². The summed E-state index contributed by atoms with van der Waals surface area (Å²) in [6.45, 7) is 5.97. The number of benzene rings is 2. The average Bonchev–Trinajstić information content (AvgIpc) is 3.16. The van der Waals surface area contributed by atoms with Crippen LogP contribution in [0.2, 0.25) is 0 Å². The maximum absolute atomic E-state index is 15.2. The lowest BCUT2D eigenvalue weighted by Gasteiger charge is -2.15. The van der Waals surface area contributed by atoms with E-state index in [1.165, 1.54) is 36.6 Å². The van der Waals surface area contributed by atoms with Crippen LogP contribution in [-0.4, -0.2) is 0 Å². The van der Waals surface area contributed by atoms with Crippen LogP contribution in [-0.2, 0) is 7.05 Å². The lowest BCUT2D eigenvalue weighted by Crippen LogP contribution is -2.31. The number of pyridine rings is 1. The highest BCUT2D eigenvalue weighted by atomic mass is 19.1. The minimum absolute atomic E-state index is 0.0949. The molecule has 3 aromatic rings. The van der Waals surface area contributed by atoms with Gasteiger partial charge in [0.05, 0.1) is 10.9 Å². The van der Waals surface area contributed by atoms with Gasteiger partial charge in [-0.3, -0.25) is 0 Å². The molecule has 0 bridgehead atoms. The molecule has 1 fully saturated rings. The molecule has 1 saturated carbocycles. The van der Waals surface area contributed by atoms with E-state index in [1.807, 2.05) is 33.2 Å². The van der Waals surface area contributed by atoms with Gasteiger partial charge >= 0.3 is 0 Å². The topological polar surface area (TPSA) is 3.88 Å². The lowest BCUT2D eigenvalue weighted by atomic mass is 9.91. The summed E-state index contributed by atoms with van der Waals surface area (Å²) in [6.07, 6.45) is 7.24. The summed E-state index contributed by atoms with van der Waals surface area (Å²) in [7, 11) is 2.02. The highest BCUT2D eigenvalue weighted by Crippen LogP contribution is 2.38. The molecule has 2 heteroatoms. The quantitative estimate of drug-likeness (QED) is 0.496. The van der Waals surface area contributed by atoms with E-state index < -0.39 is 0 Å². The molecule has 134 valence electrons. The Morgan fingerprint density at radius 3 is 2.42 bits per heavy atom. The second-order valence-corrected chi connectivity index (χ2v) is 7.93. The standard InChI is InChI=1S/C24H27FN/c1-15-13-16(2)23(25)22(17(15)3)24-21-14-20(18-7-5-6-8-18)10-9-19(21)11-12-26(24)4/h9-14,18H,5-8H2,1-4H3/q+1. The van der Waals surface area contributed by atoms with Gasteiger partial charge in [-0.2, -0.15) is 0 Å². The third kappa shape index (κ3) is 2.72. The van der Waals surface area contributed by atoms with Crippen LogP contribution in [0.4, 0.5) is 4.39 Å². The van der Waals surface area contributed by atoms with E-state index in [4.69, 9.17) is 0 Å². The number of rotatable bonds is 2. The largest absolute Gasteiger partial charge is 0.223 e. The van der Waals surface area contributed by atoms with E-state index in [2.05, 4.69) is 35.8 Å². The number of fused-ring (bicyclic) bond motifs is 1. The Morgan fingerprint density at radius 2 is 1.69 bits per heavy atom. The van der Waals surface area contributed by atoms with Gasteiger partial charge < -0.3 is 0 Å². The molecule has 1 aliphatic rings. The van der Waals surface area contributed by atoms with Gasteiger partial charge in [-0.1, -0.05) is 31.0 Å². The van der Waals surface area contributed by atoms with Crippen LogP contribution in [0.25, 0.3) is 22.0 Å². The monoisotopic (exact) mass is 348 g/mol. The van der Waals surface area contributed by atoms with Gasteiger partial charge in [0.15, 0.2) is 6.20 Å². The van der Waals surface area contributed by atoms with Gasteiger partial charge in [-0.05, 0) is 73.2 Å². The Bertz CT molecular complexity index is 971. The highest BCUT2D eigenvalue weighted by molar-refractivity contribution is 5.94. The van der Waals surface area contributed by atoms with Gasteiger partial charge in [0.2, 0.25) is 5.69 Å². The summed E-state index contributed by atoms with van der Waals surface area (Å²) >= 11 is 0. The highest BCUT2D eigenvalue weighted by Gasteiger charge is 2.25. The Morgan fingerprint density at radius 1 is 0.962 bits per heavy atom.